The Labute approximate surface area is 219 Å². The number of anilines is 1. The van der Waals surface area contributed by atoms with Gasteiger partial charge in [0, 0.05) is 42.9 Å². The largest absolute Gasteiger partial charge is 0.378 e. The van der Waals surface area contributed by atoms with Crippen LogP contribution in [-0.4, -0.2) is 52.1 Å². The van der Waals surface area contributed by atoms with Gasteiger partial charge in [-0.25, -0.2) is 14.1 Å². The summed E-state index contributed by atoms with van der Waals surface area (Å²) in [6.07, 6.45) is 3.35. The molecule has 3 heterocycles. The number of fused-ring (bicyclic) bond motifs is 1. The maximum atomic E-state index is 15.6. The summed E-state index contributed by atoms with van der Waals surface area (Å²) in [6.45, 7) is 3.69. The van der Waals surface area contributed by atoms with E-state index in [-0.39, 0.29) is 18.2 Å². The number of carbonyl (C=O) groups is 1. The third-order valence-electron chi connectivity index (χ3n) is 6.79. The number of hydrogen-bond donors (Lipinski definition) is 1. The summed E-state index contributed by atoms with van der Waals surface area (Å²) < 4.78 is 22.4. The van der Waals surface area contributed by atoms with Crippen molar-refractivity contribution in [3.63, 3.8) is 0 Å². The monoisotopic (exact) mass is 522 g/mol. The molecule has 0 saturated carbocycles. The highest BCUT2D eigenvalue weighted by atomic mass is 35.5. The number of ether oxygens (including phenoxy) is 1. The zero-order valence-electron chi connectivity index (χ0n) is 21.0. The molecule has 1 aliphatic heterocycles. The van der Waals surface area contributed by atoms with E-state index in [2.05, 4.69) is 20.6 Å². The highest BCUT2D eigenvalue weighted by Crippen LogP contribution is 2.34. The first-order valence-electron chi connectivity index (χ1n) is 12.2. The summed E-state index contributed by atoms with van der Waals surface area (Å²) in [7, 11) is 3.33. The van der Waals surface area contributed by atoms with Crippen molar-refractivity contribution in [3.05, 3.63) is 70.3 Å². The number of carbonyl (C=O) groups excluding carboxylic acids is 1. The number of halogens is 2. The van der Waals surface area contributed by atoms with Gasteiger partial charge in [-0.15, -0.1) is 5.10 Å². The maximum Gasteiger partial charge on any atom is 0.262 e. The average Bonchev–Trinajstić information content (AvgIpc) is 3.24. The van der Waals surface area contributed by atoms with Crippen LogP contribution in [0.15, 0.2) is 42.6 Å². The zero-order chi connectivity index (χ0) is 26.1. The first-order valence-corrected chi connectivity index (χ1v) is 12.5. The van der Waals surface area contributed by atoms with Crippen molar-refractivity contribution in [2.45, 2.75) is 32.4 Å². The fourth-order valence-corrected chi connectivity index (χ4v) is 5.28. The maximum absolute atomic E-state index is 15.6. The molecule has 2 aromatic heterocycles. The molecule has 37 heavy (non-hydrogen) atoms. The summed E-state index contributed by atoms with van der Waals surface area (Å²) >= 11 is 6.30. The number of benzene rings is 2. The van der Waals surface area contributed by atoms with Gasteiger partial charge < -0.3 is 10.1 Å². The van der Waals surface area contributed by atoms with Crippen LogP contribution in [0.3, 0.4) is 0 Å². The van der Waals surface area contributed by atoms with Crippen LogP contribution in [0.5, 0.6) is 0 Å². The van der Waals surface area contributed by atoms with Gasteiger partial charge in [-0.1, -0.05) is 22.9 Å². The first-order chi connectivity index (χ1) is 17.9. The van der Waals surface area contributed by atoms with Crippen LogP contribution in [0.25, 0.3) is 22.0 Å². The second kappa shape index (κ2) is 10.5. The normalized spacial score (nSPS) is 15.8. The Morgan fingerprint density at radius 2 is 2.14 bits per heavy atom. The fraction of sp³-hybridized carbons (Fsp3) is 0.333. The van der Waals surface area contributed by atoms with Crippen molar-refractivity contribution in [2.24, 2.45) is 7.05 Å². The molecule has 1 aliphatic rings. The third kappa shape index (κ3) is 4.82. The van der Waals surface area contributed by atoms with Crippen LogP contribution >= 0.6 is 11.6 Å². The van der Waals surface area contributed by atoms with Crippen molar-refractivity contribution >= 4 is 34.1 Å². The highest BCUT2D eigenvalue weighted by molar-refractivity contribution is 6.31. The molecule has 1 fully saturated rings. The molecule has 1 unspecified atom stereocenters. The van der Waals surface area contributed by atoms with Crippen molar-refractivity contribution in [3.8, 4) is 11.3 Å². The Bertz CT molecular complexity index is 1470. The lowest BCUT2D eigenvalue weighted by atomic mass is 10.0. The van der Waals surface area contributed by atoms with E-state index in [1.807, 2.05) is 25.1 Å². The van der Waals surface area contributed by atoms with Gasteiger partial charge in [-0.2, -0.15) is 0 Å². The van der Waals surface area contributed by atoms with E-state index in [4.69, 9.17) is 16.3 Å². The van der Waals surface area contributed by atoms with E-state index in [0.29, 0.717) is 34.3 Å². The minimum Gasteiger partial charge on any atom is -0.378 e. The van der Waals surface area contributed by atoms with Crippen molar-refractivity contribution in [2.75, 3.05) is 25.1 Å². The molecular weight excluding hydrogens is 495 g/mol. The van der Waals surface area contributed by atoms with Gasteiger partial charge in [-0.3, -0.25) is 9.69 Å². The molecule has 0 bridgehead atoms. The molecule has 8 nitrogen and oxygen atoms in total. The molecule has 1 N–H and O–H groups in total. The lowest BCUT2D eigenvalue weighted by molar-refractivity contribution is 0.0968. The molecule has 5 rings (SSSR count). The quantitative estimate of drug-likeness (QED) is 0.396. The fourth-order valence-electron chi connectivity index (χ4n) is 5.00. The number of aryl methyl sites for hydroxylation is 2. The minimum atomic E-state index is -0.634. The molecule has 1 atom stereocenters. The van der Waals surface area contributed by atoms with Crippen molar-refractivity contribution in [1.82, 2.24) is 25.3 Å². The number of aromatic nitrogens is 4. The van der Waals surface area contributed by atoms with Crippen LogP contribution in [-0.2, 0) is 18.4 Å². The molecular formula is C27H28ClFN6O2. The van der Waals surface area contributed by atoms with Crippen LogP contribution < -0.4 is 10.2 Å². The number of piperidine rings is 1. The number of amides is 1. The van der Waals surface area contributed by atoms with Gasteiger partial charge in [0.05, 0.1) is 23.9 Å². The van der Waals surface area contributed by atoms with Crippen LogP contribution in [0.1, 0.15) is 34.5 Å². The van der Waals surface area contributed by atoms with Crippen LogP contribution in [0.2, 0.25) is 5.02 Å². The van der Waals surface area contributed by atoms with Crippen LogP contribution in [0.4, 0.5) is 10.2 Å². The standard InChI is InChI=1S/C27H28ClFN6O2/c1-16-11-19(28)12-17-8-10-31-26(24(16)17)35(20-5-4-9-30-14-20)27(36)21-7-6-18(13-22(21)29)25-23(15-37-3)34(2)33-32-25/h6-8,10-13,20,30H,4-5,9,14-15H2,1-3H3. The number of rotatable bonds is 6. The Balaban J connectivity index is 1.59. The van der Waals surface area contributed by atoms with Gasteiger partial charge in [0.2, 0.25) is 0 Å². The number of nitrogens with zero attached hydrogens (tertiary/aromatic N) is 5. The molecule has 0 aliphatic carbocycles. The van der Waals surface area contributed by atoms with E-state index in [0.717, 1.165) is 35.7 Å². The molecule has 0 spiro atoms. The predicted molar refractivity (Wildman–Crippen MR) is 141 cm³/mol. The number of nitrogens with one attached hydrogen (secondary N) is 1. The summed E-state index contributed by atoms with van der Waals surface area (Å²) in [5, 5.41) is 13.9. The molecule has 1 saturated heterocycles. The van der Waals surface area contributed by atoms with Crippen molar-refractivity contribution < 1.29 is 13.9 Å². The molecule has 10 heteroatoms. The summed E-state index contributed by atoms with van der Waals surface area (Å²) in [6, 6.07) is 9.93. The van der Waals surface area contributed by atoms with Gasteiger partial charge >= 0.3 is 0 Å². The van der Waals surface area contributed by atoms with Gasteiger partial charge in [0.15, 0.2) is 0 Å². The first kappa shape index (κ1) is 25.3. The van der Waals surface area contributed by atoms with Crippen molar-refractivity contribution in [1.29, 1.82) is 0 Å². The topological polar surface area (TPSA) is 85.2 Å². The lowest BCUT2D eigenvalue weighted by Gasteiger charge is -2.35. The Hall–Kier alpha value is -3.40. The number of pyridine rings is 1. The second-order valence-corrected chi connectivity index (χ2v) is 9.70. The third-order valence-corrected chi connectivity index (χ3v) is 7.00. The predicted octanol–water partition coefficient (Wildman–Crippen LogP) is 4.68. The number of methoxy groups -OCH3 is 1. The average molecular weight is 523 g/mol. The van der Waals surface area contributed by atoms with Gasteiger partial charge in [0.1, 0.15) is 17.3 Å². The van der Waals surface area contributed by atoms with Gasteiger partial charge in [-0.05, 0) is 67.6 Å². The van der Waals surface area contributed by atoms with E-state index < -0.39 is 11.7 Å². The molecule has 2 aromatic carbocycles. The Morgan fingerprint density at radius 3 is 2.86 bits per heavy atom. The Morgan fingerprint density at radius 1 is 1.30 bits per heavy atom. The molecule has 1 amide bonds. The SMILES string of the molecule is COCc1c(-c2ccc(C(=O)N(c3nccc4cc(Cl)cc(C)c34)C3CCCNC3)c(F)c2)nnn1C. The van der Waals surface area contributed by atoms with E-state index in [1.54, 1.807) is 36.0 Å². The van der Waals surface area contributed by atoms with Crippen LogP contribution in [0, 0.1) is 12.7 Å². The molecule has 192 valence electrons. The van der Waals surface area contributed by atoms with Gasteiger partial charge in [0.25, 0.3) is 5.91 Å². The number of hydrogen-bond acceptors (Lipinski definition) is 6. The lowest BCUT2D eigenvalue weighted by Crippen LogP contribution is -2.49. The summed E-state index contributed by atoms with van der Waals surface area (Å²) in [4.78, 5) is 20.3. The van der Waals surface area contributed by atoms with E-state index >= 15 is 4.39 Å². The minimum absolute atomic E-state index is 0.0306. The van der Waals surface area contributed by atoms with E-state index in [1.165, 1.54) is 12.1 Å². The van der Waals surface area contributed by atoms with E-state index in [9.17, 15) is 4.79 Å². The zero-order valence-corrected chi connectivity index (χ0v) is 21.7. The Kier molecular flexibility index (Phi) is 7.19. The molecule has 4 aromatic rings. The molecule has 0 radical (unpaired) electrons. The smallest absolute Gasteiger partial charge is 0.262 e. The summed E-state index contributed by atoms with van der Waals surface area (Å²) in [5.41, 5.74) is 2.62. The highest BCUT2D eigenvalue weighted by Gasteiger charge is 2.32. The summed E-state index contributed by atoms with van der Waals surface area (Å²) in [5.74, 6) is -0.571. The second-order valence-electron chi connectivity index (χ2n) is 9.27.